The first-order valence-corrected chi connectivity index (χ1v) is 12.2. The van der Waals surface area contributed by atoms with Crippen LogP contribution in [0, 0.1) is 5.92 Å². The number of piperidine rings is 1. The van der Waals surface area contributed by atoms with E-state index in [1.54, 1.807) is 13.2 Å². The number of hydrogen-bond donors (Lipinski definition) is 2. The van der Waals surface area contributed by atoms with Gasteiger partial charge >= 0.3 is 0 Å². The molecule has 0 saturated carbocycles. The molecule has 1 aliphatic rings. The van der Waals surface area contributed by atoms with Crippen molar-refractivity contribution in [3.63, 3.8) is 0 Å². The van der Waals surface area contributed by atoms with Gasteiger partial charge in [-0.15, -0.1) is 0 Å². The van der Waals surface area contributed by atoms with E-state index in [1.807, 2.05) is 12.1 Å². The topological polar surface area (TPSA) is 105 Å². The summed E-state index contributed by atoms with van der Waals surface area (Å²) in [5.74, 6) is 0.799. The molecule has 4 rings (SSSR count). The highest BCUT2D eigenvalue weighted by Crippen LogP contribution is 2.30. The van der Waals surface area contributed by atoms with Crippen LogP contribution in [-0.4, -0.2) is 60.9 Å². The van der Waals surface area contributed by atoms with Crippen molar-refractivity contribution < 1.29 is 17.2 Å². The molecule has 1 aliphatic heterocycles. The Hall–Kier alpha value is -2.86. The number of aromatic nitrogens is 4. The highest BCUT2D eigenvalue weighted by atomic mass is 32.2. The van der Waals surface area contributed by atoms with Crippen LogP contribution in [0.2, 0.25) is 0 Å². The molecule has 32 heavy (non-hydrogen) atoms. The van der Waals surface area contributed by atoms with Crippen molar-refractivity contribution in [1.82, 2.24) is 24.3 Å². The lowest BCUT2D eigenvalue weighted by Crippen LogP contribution is -2.40. The van der Waals surface area contributed by atoms with Crippen LogP contribution in [0.4, 0.5) is 20.3 Å². The molecule has 0 aliphatic carbocycles. The molecule has 1 unspecified atom stereocenters. The second kappa shape index (κ2) is 8.94. The molecular weight excluding hydrogens is 440 g/mol. The SMILES string of the molecule is CNc1cc(N2CCCC(CNS(C)(=O)=O)C2)cc(-c2cnc3ccc(C(F)F)nn23)n1. The Morgan fingerprint density at radius 2 is 2.09 bits per heavy atom. The maximum absolute atomic E-state index is 13.2. The van der Waals surface area contributed by atoms with Gasteiger partial charge in [0.2, 0.25) is 10.0 Å². The highest BCUT2D eigenvalue weighted by molar-refractivity contribution is 7.88. The van der Waals surface area contributed by atoms with Crippen LogP contribution in [0.15, 0.2) is 30.5 Å². The third-order valence-corrected chi connectivity index (χ3v) is 6.14. The fourth-order valence-electron chi connectivity index (χ4n) is 3.87. The lowest BCUT2D eigenvalue weighted by molar-refractivity contribution is 0.144. The van der Waals surface area contributed by atoms with Gasteiger partial charge in [-0.1, -0.05) is 0 Å². The summed E-state index contributed by atoms with van der Waals surface area (Å²) >= 11 is 0. The predicted octanol–water partition coefficient (Wildman–Crippen LogP) is 2.54. The minimum atomic E-state index is -3.24. The van der Waals surface area contributed by atoms with E-state index in [9.17, 15) is 17.2 Å². The Morgan fingerprint density at radius 1 is 1.28 bits per heavy atom. The van der Waals surface area contributed by atoms with Gasteiger partial charge in [-0.3, -0.25) is 0 Å². The molecular formula is C20H25F2N7O2S. The summed E-state index contributed by atoms with van der Waals surface area (Å²) in [5, 5.41) is 7.08. The van der Waals surface area contributed by atoms with Gasteiger partial charge in [0.1, 0.15) is 17.2 Å². The maximum Gasteiger partial charge on any atom is 0.282 e. The van der Waals surface area contributed by atoms with Crippen LogP contribution in [0.25, 0.3) is 17.0 Å². The van der Waals surface area contributed by atoms with Crippen molar-refractivity contribution in [2.24, 2.45) is 5.92 Å². The zero-order valence-corrected chi connectivity index (χ0v) is 18.6. The minimum absolute atomic E-state index is 0.180. The largest absolute Gasteiger partial charge is 0.373 e. The number of alkyl halides is 2. The van der Waals surface area contributed by atoms with E-state index in [2.05, 4.69) is 30.0 Å². The number of fused-ring (bicyclic) bond motifs is 1. The monoisotopic (exact) mass is 465 g/mol. The predicted molar refractivity (Wildman–Crippen MR) is 119 cm³/mol. The summed E-state index contributed by atoms with van der Waals surface area (Å²) in [5.41, 5.74) is 2.08. The molecule has 0 radical (unpaired) electrons. The molecule has 172 valence electrons. The van der Waals surface area contributed by atoms with E-state index in [-0.39, 0.29) is 11.6 Å². The molecule has 12 heteroatoms. The van der Waals surface area contributed by atoms with Crippen molar-refractivity contribution in [3.8, 4) is 11.4 Å². The normalized spacial score (nSPS) is 17.3. The lowest BCUT2D eigenvalue weighted by atomic mass is 9.98. The van der Waals surface area contributed by atoms with Crippen LogP contribution in [0.3, 0.4) is 0 Å². The van der Waals surface area contributed by atoms with Crippen LogP contribution in [-0.2, 0) is 10.0 Å². The van der Waals surface area contributed by atoms with Gasteiger partial charge < -0.3 is 10.2 Å². The third kappa shape index (κ3) is 4.96. The summed E-state index contributed by atoms with van der Waals surface area (Å²) in [4.78, 5) is 11.0. The smallest absolute Gasteiger partial charge is 0.282 e. The first kappa shape index (κ1) is 22.3. The van der Waals surface area contributed by atoms with Crippen LogP contribution >= 0.6 is 0 Å². The standard InChI is InChI=1S/C20H25F2N7O2S/c1-23-18-9-14(28-7-3-4-13(12-28)10-25-32(2,30)31)8-16(26-18)17-11-24-19-6-5-15(20(21)22)27-29(17)19/h5-6,8-9,11,13,20,25H,3-4,7,10,12H2,1-2H3,(H,23,26). The summed E-state index contributed by atoms with van der Waals surface area (Å²) in [6, 6.07) is 6.56. The summed E-state index contributed by atoms with van der Waals surface area (Å²) in [7, 11) is -1.49. The average Bonchev–Trinajstić information content (AvgIpc) is 3.20. The van der Waals surface area contributed by atoms with Crippen molar-refractivity contribution in [1.29, 1.82) is 0 Å². The Labute approximate surface area is 184 Å². The molecule has 0 bridgehead atoms. The molecule has 0 amide bonds. The van der Waals surface area contributed by atoms with Gasteiger partial charge in [0, 0.05) is 38.4 Å². The minimum Gasteiger partial charge on any atom is -0.373 e. The maximum atomic E-state index is 13.2. The number of imidazole rings is 1. The van der Waals surface area contributed by atoms with E-state index in [0.717, 1.165) is 31.3 Å². The molecule has 0 spiro atoms. The number of nitrogens with one attached hydrogen (secondary N) is 2. The van der Waals surface area contributed by atoms with Gasteiger partial charge in [-0.2, -0.15) is 5.10 Å². The van der Waals surface area contributed by atoms with E-state index in [1.165, 1.54) is 16.6 Å². The Bertz CT molecular complexity index is 1220. The van der Waals surface area contributed by atoms with Gasteiger partial charge in [0.15, 0.2) is 5.65 Å². The van der Waals surface area contributed by atoms with Crippen LogP contribution < -0.4 is 14.9 Å². The number of sulfonamides is 1. The van der Waals surface area contributed by atoms with Gasteiger partial charge in [-0.25, -0.2) is 36.4 Å². The summed E-state index contributed by atoms with van der Waals surface area (Å²) in [6.45, 7) is 1.90. The molecule has 1 atom stereocenters. The second-order valence-electron chi connectivity index (χ2n) is 7.89. The molecule has 1 fully saturated rings. The van der Waals surface area contributed by atoms with E-state index in [4.69, 9.17) is 0 Å². The van der Waals surface area contributed by atoms with E-state index >= 15 is 0 Å². The number of rotatable bonds is 7. The van der Waals surface area contributed by atoms with Gasteiger partial charge in [-0.05, 0) is 37.0 Å². The average molecular weight is 466 g/mol. The third-order valence-electron chi connectivity index (χ3n) is 5.45. The number of nitrogens with zero attached hydrogens (tertiary/aromatic N) is 5. The highest BCUT2D eigenvalue weighted by Gasteiger charge is 2.23. The van der Waals surface area contributed by atoms with Crippen molar-refractivity contribution in [2.75, 3.05) is 43.2 Å². The van der Waals surface area contributed by atoms with Gasteiger partial charge in [0.25, 0.3) is 6.43 Å². The molecule has 1 saturated heterocycles. The molecule has 9 nitrogen and oxygen atoms in total. The zero-order chi connectivity index (χ0) is 22.9. The molecule has 0 aromatic carbocycles. The number of anilines is 2. The zero-order valence-electron chi connectivity index (χ0n) is 17.8. The quantitative estimate of drug-likeness (QED) is 0.553. The fourth-order valence-corrected chi connectivity index (χ4v) is 4.41. The molecule has 2 N–H and O–H groups in total. The summed E-state index contributed by atoms with van der Waals surface area (Å²) < 4.78 is 53.2. The first-order valence-electron chi connectivity index (χ1n) is 10.3. The lowest BCUT2D eigenvalue weighted by Gasteiger charge is -2.34. The van der Waals surface area contributed by atoms with E-state index in [0.29, 0.717) is 35.9 Å². The molecule has 4 heterocycles. The number of halogens is 2. The van der Waals surface area contributed by atoms with Crippen LogP contribution in [0.5, 0.6) is 0 Å². The number of hydrogen-bond acceptors (Lipinski definition) is 7. The second-order valence-corrected chi connectivity index (χ2v) is 9.73. The van der Waals surface area contributed by atoms with Crippen molar-refractivity contribution in [2.45, 2.75) is 19.3 Å². The van der Waals surface area contributed by atoms with E-state index < -0.39 is 16.4 Å². The fraction of sp³-hybridized carbons (Fsp3) is 0.450. The Balaban J connectivity index is 1.66. The first-order chi connectivity index (χ1) is 15.2. The molecule has 3 aromatic heterocycles. The van der Waals surface area contributed by atoms with Gasteiger partial charge in [0.05, 0.1) is 18.1 Å². The Kier molecular flexibility index (Phi) is 6.24. The van der Waals surface area contributed by atoms with Crippen LogP contribution in [0.1, 0.15) is 25.0 Å². The van der Waals surface area contributed by atoms with Crippen molar-refractivity contribution >= 4 is 27.2 Å². The summed E-state index contributed by atoms with van der Waals surface area (Å²) in [6.07, 6.45) is 1.90. The Morgan fingerprint density at radius 3 is 2.81 bits per heavy atom. The number of pyridine rings is 1. The van der Waals surface area contributed by atoms with Crippen molar-refractivity contribution in [3.05, 3.63) is 36.2 Å². The molecule has 3 aromatic rings.